The third kappa shape index (κ3) is 3.35. The molecule has 8 nitrogen and oxygen atoms in total. The number of carbonyl (C=O) groups excluding carboxylic acids is 1. The molecule has 34 heavy (non-hydrogen) atoms. The highest BCUT2D eigenvalue weighted by atomic mass is 19.2. The van der Waals surface area contributed by atoms with Crippen LogP contribution in [0, 0.1) is 29.3 Å². The van der Waals surface area contributed by atoms with E-state index in [-0.39, 0.29) is 28.4 Å². The van der Waals surface area contributed by atoms with Gasteiger partial charge >= 0.3 is 0 Å². The Morgan fingerprint density at radius 1 is 0.882 bits per heavy atom. The minimum Gasteiger partial charge on any atom is -0.355 e. The average Bonchev–Trinajstić information content (AvgIpc) is 3.56. The number of amides is 1. The molecule has 2 aliphatic heterocycles. The normalized spacial score (nSPS) is 19.7. The molecular weight excluding hydrogens is 447 g/mol. The number of rotatable bonds is 3. The molecule has 0 radical (unpaired) electrons. The molecule has 6 rings (SSSR count). The maximum atomic E-state index is 14.7. The molecule has 0 bridgehead atoms. The van der Waals surface area contributed by atoms with E-state index in [1.54, 1.807) is 17.2 Å². The van der Waals surface area contributed by atoms with Crippen molar-refractivity contribution >= 4 is 22.8 Å². The van der Waals surface area contributed by atoms with E-state index in [2.05, 4.69) is 20.2 Å². The van der Waals surface area contributed by atoms with Crippen LogP contribution in [0.4, 0.5) is 19.0 Å². The number of hydrogen-bond donors (Lipinski definition) is 0. The summed E-state index contributed by atoms with van der Waals surface area (Å²) in [5, 5.41) is 8.07. The van der Waals surface area contributed by atoms with Crippen LogP contribution >= 0.6 is 0 Å². The van der Waals surface area contributed by atoms with Gasteiger partial charge in [0.25, 0.3) is 5.91 Å². The minimum absolute atomic E-state index is 0.0508. The topological polar surface area (TPSA) is 80.0 Å². The zero-order valence-electron chi connectivity index (χ0n) is 17.8. The van der Waals surface area contributed by atoms with Crippen molar-refractivity contribution in [1.82, 2.24) is 29.9 Å². The fourth-order valence-electron chi connectivity index (χ4n) is 4.89. The summed E-state index contributed by atoms with van der Waals surface area (Å²) in [6.07, 6.45) is 4.48. The highest BCUT2D eigenvalue weighted by molar-refractivity contribution is 5.98. The predicted molar refractivity (Wildman–Crippen MR) is 116 cm³/mol. The fourth-order valence-corrected chi connectivity index (χ4v) is 4.89. The summed E-state index contributed by atoms with van der Waals surface area (Å²) in [4.78, 5) is 26.9. The van der Waals surface area contributed by atoms with Gasteiger partial charge in [-0.1, -0.05) is 6.07 Å². The summed E-state index contributed by atoms with van der Waals surface area (Å²) in [6, 6.07) is 6.46. The Kier molecular flexibility index (Phi) is 4.71. The van der Waals surface area contributed by atoms with Crippen molar-refractivity contribution in [3.05, 3.63) is 71.9 Å². The molecule has 2 unspecified atom stereocenters. The number of aromatic nitrogens is 5. The van der Waals surface area contributed by atoms with E-state index in [0.717, 1.165) is 12.1 Å². The number of carbonyl (C=O) groups is 1. The zero-order valence-corrected chi connectivity index (χ0v) is 17.8. The molecule has 4 aromatic rings. The van der Waals surface area contributed by atoms with Crippen molar-refractivity contribution in [1.29, 1.82) is 0 Å². The van der Waals surface area contributed by atoms with E-state index in [1.165, 1.54) is 29.3 Å². The molecule has 1 amide bonds. The van der Waals surface area contributed by atoms with Crippen molar-refractivity contribution in [2.24, 2.45) is 11.8 Å². The second-order valence-electron chi connectivity index (χ2n) is 8.57. The van der Waals surface area contributed by atoms with Crippen LogP contribution in [0.1, 0.15) is 10.4 Å². The van der Waals surface area contributed by atoms with E-state index in [1.807, 2.05) is 4.90 Å². The van der Waals surface area contributed by atoms with Crippen molar-refractivity contribution in [2.75, 3.05) is 31.1 Å². The summed E-state index contributed by atoms with van der Waals surface area (Å²) in [6.45, 7) is 2.20. The molecule has 0 aliphatic carbocycles. The molecule has 2 aromatic carbocycles. The van der Waals surface area contributed by atoms with Gasteiger partial charge in [-0.3, -0.25) is 9.78 Å². The lowest BCUT2D eigenvalue weighted by atomic mass is 10.0. The van der Waals surface area contributed by atoms with Gasteiger partial charge in [0.15, 0.2) is 11.6 Å². The first kappa shape index (κ1) is 20.6. The molecule has 2 atom stereocenters. The quantitative estimate of drug-likeness (QED) is 0.463. The maximum Gasteiger partial charge on any atom is 0.259 e. The predicted octanol–water partition coefficient (Wildman–Crippen LogP) is 2.84. The molecule has 0 N–H and O–H groups in total. The number of nitrogens with zero attached hydrogens (tertiary/aromatic N) is 7. The van der Waals surface area contributed by atoms with Crippen molar-refractivity contribution < 1.29 is 18.0 Å². The second-order valence-corrected chi connectivity index (χ2v) is 8.57. The van der Waals surface area contributed by atoms with Gasteiger partial charge in [0.2, 0.25) is 0 Å². The van der Waals surface area contributed by atoms with Gasteiger partial charge in [-0.15, -0.1) is 0 Å². The van der Waals surface area contributed by atoms with Gasteiger partial charge in [0, 0.05) is 50.1 Å². The Morgan fingerprint density at radius 2 is 1.56 bits per heavy atom. The molecule has 2 aliphatic rings. The van der Waals surface area contributed by atoms with Crippen LogP contribution < -0.4 is 4.90 Å². The molecule has 4 heterocycles. The molecule has 2 aromatic heterocycles. The first-order valence-corrected chi connectivity index (χ1v) is 10.8. The Labute approximate surface area is 191 Å². The lowest BCUT2D eigenvalue weighted by Gasteiger charge is -2.23. The van der Waals surface area contributed by atoms with Crippen LogP contribution in [-0.2, 0) is 0 Å². The number of benzene rings is 2. The number of anilines is 1. The highest BCUT2D eigenvalue weighted by Gasteiger charge is 2.43. The van der Waals surface area contributed by atoms with Crippen LogP contribution in [0.15, 0.2) is 48.9 Å². The third-order valence-electron chi connectivity index (χ3n) is 6.51. The highest BCUT2D eigenvalue weighted by Crippen LogP contribution is 2.35. The van der Waals surface area contributed by atoms with Gasteiger partial charge in [-0.05, 0) is 12.1 Å². The van der Waals surface area contributed by atoms with E-state index >= 15 is 0 Å². The van der Waals surface area contributed by atoms with Crippen LogP contribution in [0.3, 0.4) is 0 Å². The van der Waals surface area contributed by atoms with E-state index in [9.17, 15) is 18.0 Å². The van der Waals surface area contributed by atoms with E-state index < -0.39 is 23.4 Å². The largest absolute Gasteiger partial charge is 0.355 e. The molecule has 11 heteroatoms. The standard InChI is InChI=1S/C23H18F3N7O/c24-15-2-1-3-20(33-28-4-5-29-33)22(15)23(34)32-11-13-9-31(10-14(13)12-32)21-8-27-18-6-16(25)17(26)7-19(18)30-21/h1-8,13-14H,9-12H2. The van der Waals surface area contributed by atoms with Crippen molar-refractivity contribution in [3.63, 3.8) is 0 Å². The van der Waals surface area contributed by atoms with Gasteiger partial charge in [0.1, 0.15) is 22.9 Å². The first-order chi connectivity index (χ1) is 16.5. The molecule has 2 saturated heterocycles. The molecular formula is C23H18F3N7O. The Morgan fingerprint density at radius 3 is 2.26 bits per heavy atom. The van der Waals surface area contributed by atoms with Gasteiger partial charge in [-0.2, -0.15) is 15.0 Å². The van der Waals surface area contributed by atoms with Gasteiger partial charge in [0.05, 0.1) is 29.6 Å². The summed E-state index contributed by atoms with van der Waals surface area (Å²) in [7, 11) is 0. The molecule has 2 fully saturated rings. The van der Waals surface area contributed by atoms with E-state index in [0.29, 0.717) is 37.7 Å². The lowest BCUT2D eigenvalue weighted by Crippen LogP contribution is -2.34. The van der Waals surface area contributed by atoms with Crippen LogP contribution in [0.2, 0.25) is 0 Å². The SMILES string of the molecule is O=C(c1c(F)cccc1-n1nccn1)N1CC2CN(c3cnc4cc(F)c(F)cc4n3)CC2C1. The Bertz CT molecular complexity index is 1400. The van der Waals surface area contributed by atoms with E-state index in [4.69, 9.17) is 0 Å². The van der Waals surface area contributed by atoms with Gasteiger partial charge < -0.3 is 9.80 Å². The third-order valence-corrected chi connectivity index (χ3v) is 6.51. The monoisotopic (exact) mass is 465 g/mol. The smallest absolute Gasteiger partial charge is 0.259 e. The number of fused-ring (bicyclic) bond motifs is 2. The summed E-state index contributed by atoms with van der Waals surface area (Å²) in [5.74, 6) is -2.02. The van der Waals surface area contributed by atoms with Crippen LogP contribution in [-0.4, -0.2) is 61.9 Å². The van der Waals surface area contributed by atoms with Crippen LogP contribution in [0.25, 0.3) is 16.7 Å². The molecule has 0 spiro atoms. The van der Waals surface area contributed by atoms with Crippen molar-refractivity contribution in [2.45, 2.75) is 0 Å². The zero-order chi connectivity index (χ0) is 23.4. The minimum atomic E-state index is -0.968. The molecule has 172 valence electrons. The summed E-state index contributed by atoms with van der Waals surface area (Å²) >= 11 is 0. The first-order valence-electron chi connectivity index (χ1n) is 10.8. The van der Waals surface area contributed by atoms with Crippen LogP contribution in [0.5, 0.6) is 0 Å². The second kappa shape index (κ2) is 7.79. The average molecular weight is 465 g/mol. The molecule has 0 saturated carbocycles. The van der Waals surface area contributed by atoms with Crippen molar-refractivity contribution in [3.8, 4) is 5.69 Å². The summed E-state index contributed by atoms with van der Waals surface area (Å²) in [5.41, 5.74) is 0.810. The Hall–Kier alpha value is -4.02. The Balaban J connectivity index is 1.20. The fraction of sp³-hybridized carbons (Fsp3) is 0.261. The number of halogens is 3. The number of hydrogen-bond acceptors (Lipinski definition) is 6. The number of likely N-dealkylation sites (tertiary alicyclic amines) is 1. The summed E-state index contributed by atoms with van der Waals surface area (Å²) < 4.78 is 41.8. The van der Waals surface area contributed by atoms with Gasteiger partial charge in [-0.25, -0.2) is 18.2 Å². The maximum absolute atomic E-state index is 14.7. The lowest BCUT2D eigenvalue weighted by molar-refractivity contribution is 0.0777.